The molecule has 0 fully saturated rings. The number of fused-ring (bicyclic) bond motifs is 6. The van der Waals surface area contributed by atoms with E-state index < -0.39 is 0 Å². The average Bonchev–Trinajstić information content (AvgIpc) is 3.23. The zero-order valence-electron chi connectivity index (χ0n) is 18.2. The molecule has 0 amide bonds. The molecule has 0 aliphatic carbocycles. The average molecular weight is 437 g/mol. The molecule has 0 aliphatic heterocycles. The molecule has 0 N–H and O–H groups in total. The van der Waals surface area contributed by atoms with E-state index in [-0.39, 0.29) is 5.63 Å². The maximum atomic E-state index is 12.7. The Kier molecular flexibility index (Phi) is 4.00. The molecule has 2 heterocycles. The third kappa shape index (κ3) is 2.74. The van der Waals surface area contributed by atoms with Crippen LogP contribution < -0.4 is 5.63 Å². The summed E-state index contributed by atoms with van der Waals surface area (Å²) in [6.45, 7) is 0. The molecule has 3 heteroatoms. The predicted molar refractivity (Wildman–Crippen MR) is 140 cm³/mol. The van der Waals surface area contributed by atoms with Gasteiger partial charge < -0.3 is 8.98 Å². The molecule has 7 rings (SSSR count). The summed E-state index contributed by atoms with van der Waals surface area (Å²) in [7, 11) is 0. The van der Waals surface area contributed by atoms with E-state index in [1.54, 1.807) is 0 Å². The molecular formula is C31H19NO2. The highest BCUT2D eigenvalue weighted by Gasteiger charge is 2.12. The summed E-state index contributed by atoms with van der Waals surface area (Å²) in [6, 6.07) is 39.2. The molecule has 0 radical (unpaired) electrons. The zero-order chi connectivity index (χ0) is 22.6. The first-order chi connectivity index (χ1) is 16.8. The van der Waals surface area contributed by atoms with E-state index in [4.69, 9.17) is 4.42 Å². The summed E-state index contributed by atoms with van der Waals surface area (Å²) in [5, 5.41) is 4.96. The number of rotatable bonds is 2. The minimum Gasteiger partial charge on any atom is -0.422 e. The second-order valence-electron chi connectivity index (χ2n) is 8.56. The van der Waals surface area contributed by atoms with Crippen molar-refractivity contribution < 1.29 is 4.42 Å². The molecule has 0 aliphatic rings. The van der Waals surface area contributed by atoms with Crippen molar-refractivity contribution in [2.45, 2.75) is 0 Å². The van der Waals surface area contributed by atoms with Crippen LogP contribution >= 0.6 is 0 Å². The van der Waals surface area contributed by atoms with Crippen LogP contribution in [0.15, 0.2) is 124 Å². The molecular weight excluding hydrogens is 418 g/mol. The van der Waals surface area contributed by atoms with Crippen molar-refractivity contribution in [3.8, 4) is 16.8 Å². The Hall–Kier alpha value is -4.63. The van der Waals surface area contributed by atoms with Crippen molar-refractivity contribution >= 4 is 43.5 Å². The van der Waals surface area contributed by atoms with Crippen LogP contribution in [0.2, 0.25) is 0 Å². The van der Waals surface area contributed by atoms with Crippen molar-refractivity contribution in [2.75, 3.05) is 0 Å². The highest BCUT2D eigenvalue weighted by molar-refractivity contribution is 6.09. The van der Waals surface area contributed by atoms with E-state index >= 15 is 0 Å². The summed E-state index contributed by atoms with van der Waals surface area (Å²) in [5.41, 5.74) is 5.83. The first-order valence-electron chi connectivity index (χ1n) is 11.3. The Bertz CT molecular complexity index is 1870. The van der Waals surface area contributed by atoms with E-state index in [1.165, 1.54) is 21.8 Å². The smallest absolute Gasteiger partial charge is 0.344 e. The first-order valence-corrected chi connectivity index (χ1v) is 11.3. The molecule has 160 valence electrons. The minimum atomic E-state index is -0.308. The van der Waals surface area contributed by atoms with E-state index in [0.717, 1.165) is 27.6 Å². The lowest BCUT2D eigenvalue weighted by molar-refractivity contribution is 0.569. The number of benzene rings is 5. The van der Waals surface area contributed by atoms with Crippen LogP contribution in [0, 0.1) is 0 Å². The molecule has 5 aromatic carbocycles. The Morgan fingerprint density at radius 1 is 0.500 bits per heavy atom. The Morgan fingerprint density at radius 2 is 1.09 bits per heavy atom. The lowest BCUT2D eigenvalue weighted by atomic mass is 10.0. The Morgan fingerprint density at radius 3 is 1.79 bits per heavy atom. The van der Waals surface area contributed by atoms with E-state index in [1.807, 2.05) is 36.4 Å². The molecule has 0 atom stereocenters. The topological polar surface area (TPSA) is 35.1 Å². The van der Waals surface area contributed by atoms with Gasteiger partial charge in [0.2, 0.25) is 0 Å². The van der Waals surface area contributed by atoms with Gasteiger partial charge in [-0.1, -0.05) is 78.9 Å². The van der Waals surface area contributed by atoms with Crippen molar-refractivity contribution in [3.63, 3.8) is 0 Å². The van der Waals surface area contributed by atoms with Crippen LogP contribution in [-0.4, -0.2) is 4.57 Å². The molecule has 0 unspecified atom stereocenters. The predicted octanol–water partition coefficient (Wildman–Crippen LogP) is 7.71. The van der Waals surface area contributed by atoms with Crippen LogP contribution in [0.5, 0.6) is 0 Å². The Balaban J connectivity index is 1.37. The number of hydrogen-bond acceptors (Lipinski definition) is 2. The van der Waals surface area contributed by atoms with Crippen molar-refractivity contribution in [1.82, 2.24) is 4.57 Å². The second-order valence-corrected chi connectivity index (χ2v) is 8.56. The lowest BCUT2D eigenvalue weighted by Gasteiger charge is -2.10. The number of nitrogens with zero attached hydrogens (tertiary/aromatic N) is 1. The number of para-hydroxylation sites is 3. The fourth-order valence-corrected chi connectivity index (χ4v) is 5.06. The van der Waals surface area contributed by atoms with Crippen LogP contribution in [0.4, 0.5) is 0 Å². The Labute approximate surface area is 195 Å². The van der Waals surface area contributed by atoms with Gasteiger partial charge in [-0.25, -0.2) is 4.79 Å². The van der Waals surface area contributed by atoms with Gasteiger partial charge in [0.25, 0.3) is 0 Å². The van der Waals surface area contributed by atoms with Gasteiger partial charge in [-0.15, -0.1) is 0 Å². The summed E-state index contributed by atoms with van der Waals surface area (Å²) in [4.78, 5) is 12.7. The van der Waals surface area contributed by atoms with E-state index in [9.17, 15) is 4.79 Å². The van der Waals surface area contributed by atoms with Gasteiger partial charge in [0.1, 0.15) is 5.58 Å². The summed E-state index contributed by atoms with van der Waals surface area (Å²) in [6.07, 6.45) is 0. The zero-order valence-corrected chi connectivity index (χ0v) is 18.2. The van der Waals surface area contributed by atoms with Gasteiger partial charge in [-0.2, -0.15) is 0 Å². The summed E-state index contributed by atoms with van der Waals surface area (Å²) >= 11 is 0. The molecule has 2 aromatic heterocycles. The van der Waals surface area contributed by atoms with Crippen molar-refractivity contribution in [3.05, 3.63) is 126 Å². The minimum absolute atomic E-state index is 0.308. The van der Waals surface area contributed by atoms with Gasteiger partial charge in [0.05, 0.1) is 16.4 Å². The van der Waals surface area contributed by atoms with Gasteiger partial charge in [-0.05, 0) is 52.9 Å². The molecule has 34 heavy (non-hydrogen) atoms. The monoisotopic (exact) mass is 437 g/mol. The molecule has 0 spiro atoms. The van der Waals surface area contributed by atoms with Crippen LogP contribution in [0.1, 0.15) is 0 Å². The molecule has 3 nitrogen and oxygen atoms in total. The van der Waals surface area contributed by atoms with Crippen LogP contribution in [0.25, 0.3) is 60.4 Å². The molecule has 0 saturated heterocycles. The van der Waals surface area contributed by atoms with Crippen LogP contribution in [-0.2, 0) is 0 Å². The van der Waals surface area contributed by atoms with E-state index in [0.29, 0.717) is 11.0 Å². The maximum absolute atomic E-state index is 12.7. The quantitative estimate of drug-likeness (QED) is 0.205. The molecule has 0 saturated carbocycles. The fraction of sp³-hybridized carbons (Fsp3) is 0. The SMILES string of the molecule is O=c1oc2ccccc2c2ccc(-c3ccc(-n4c5ccccc5c5ccccc54)cc3)cc12. The van der Waals surface area contributed by atoms with Gasteiger partial charge in [-0.3, -0.25) is 0 Å². The second kappa shape index (κ2) is 7.19. The summed E-state index contributed by atoms with van der Waals surface area (Å²) < 4.78 is 7.86. The largest absolute Gasteiger partial charge is 0.422 e. The maximum Gasteiger partial charge on any atom is 0.344 e. The van der Waals surface area contributed by atoms with Crippen LogP contribution in [0.3, 0.4) is 0 Å². The fourth-order valence-electron chi connectivity index (χ4n) is 5.06. The number of aromatic nitrogens is 1. The third-order valence-corrected chi connectivity index (χ3v) is 6.66. The third-order valence-electron chi connectivity index (χ3n) is 6.66. The standard InChI is InChI=1S/C31H19NO2/c33-31-27-19-21(15-18-23(27)26-9-3-6-12-30(26)34-31)20-13-16-22(17-14-20)32-28-10-4-1-7-24(28)25-8-2-5-11-29(25)32/h1-19H. The van der Waals surface area contributed by atoms with Crippen molar-refractivity contribution in [1.29, 1.82) is 0 Å². The highest BCUT2D eigenvalue weighted by Crippen LogP contribution is 2.33. The van der Waals surface area contributed by atoms with Crippen molar-refractivity contribution in [2.24, 2.45) is 0 Å². The molecule has 7 aromatic rings. The lowest BCUT2D eigenvalue weighted by Crippen LogP contribution is -2.00. The summed E-state index contributed by atoms with van der Waals surface area (Å²) in [5.74, 6) is 0. The van der Waals surface area contributed by atoms with Gasteiger partial charge in [0, 0.05) is 21.8 Å². The first kappa shape index (κ1) is 18.9. The number of hydrogen-bond donors (Lipinski definition) is 0. The van der Waals surface area contributed by atoms with Gasteiger partial charge >= 0.3 is 5.63 Å². The van der Waals surface area contributed by atoms with E-state index in [2.05, 4.69) is 83.4 Å². The highest BCUT2D eigenvalue weighted by atomic mass is 16.4. The molecule has 0 bridgehead atoms. The normalized spacial score (nSPS) is 11.6. The van der Waals surface area contributed by atoms with Gasteiger partial charge in [0.15, 0.2) is 0 Å².